The van der Waals surface area contributed by atoms with Crippen LogP contribution in [0.25, 0.3) is 10.9 Å². The number of fused-ring (bicyclic) bond motifs is 1. The summed E-state index contributed by atoms with van der Waals surface area (Å²) in [7, 11) is 0. The molecule has 0 radical (unpaired) electrons. The number of hydrogen-bond donors (Lipinski definition) is 2. The van der Waals surface area contributed by atoms with Crippen molar-refractivity contribution >= 4 is 34.1 Å². The van der Waals surface area contributed by atoms with Gasteiger partial charge in [-0.15, -0.1) is 0 Å². The molecule has 3 aromatic rings. The summed E-state index contributed by atoms with van der Waals surface area (Å²) < 4.78 is 36.5. The molecule has 5 fully saturated rings. The fraction of sp³-hybridized carbons (Fsp3) is 0.577. The van der Waals surface area contributed by atoms with Crippen LogP contribution in [0.15, 0.2) is 24.5 Å². The number of nitrogens with one attached hydrogen (secondary N) is 1. The van der Waals surface area contributed by atoms with Gasteiger partial charge in [-0.3, -0.25) is 4.90 Å². The number of aromatic nitrogens is 4. The Kier molecular flexibility index (Phi) is 5.31. The fourth-order valence-electron chi connectivity index (χ4n) is 6.84. The highest BCUT2D eigenvalue weighted by Crippen LogP contribution is 2.68. The molecule has 2 aromatic heterocycles. The van der Waals surface area contributed by atoms with E-state index in [0.29, 0.717) is 62.2 Å². The third kappa shape index (κ3) is 3.75. The lowest BCUT2D eigenvalue weighted by atomic mass is 9.47. The molecule has 3 aliphatic carbocycles. The van der Waals surface area contributed by atoms with Gasteiger partial charge in [-0.05, 0) is 43.1 Å². The number of halogens is 3. The lowest BCUT2D eigenvalue weighted by Gasteiger charge is -2.65. The van der Waals surface area contributed by atoms with Crippen LogP contribution in [0, 0.1) is 6.92 Å². The van der Waals surface area contributed by atoms with E-state index in [2.05, 4.69) is 20.4 Å². The lowest BCUT2D eigenvalue weighted by Crippen LogP contribution is -2.70. The van der Waals surface area contributed by atoms with Crippen molar-refractivity contribution < 1.29 is 18.6 Å². The van der Waals surface area contributed by atoms with Gasteiger partial charge in [0.2, 0.25) is 5.95 Å². The number of nitrogens with zero attached hydrogens (tertiary/aromatic N) is 5. The van der Waals surface area contributed by atoms with Gasteiger partial charge in [0.05, 0.1) is 48.3 Å². The van der Waals surface area contributed by atoms with E-state index in [-0.39, 0.29) is 24.0 Å². The maximum atomic E-state index is 15.5. The Hall–Kier alpha value is -2.40. The number of aryl methyl sites for hydroxylation is 1. The molecule has 8 nitrogen and oxygen atoms in total. The standard InChI is InChI=1S/C26H29ClF2N6O2/c1-14-4-15-6-30-24(33-20-7-31-35(23(20)27)26-11-25(29,12-26)13-26)32-19(15)5-17(14)16-2-3-34(8-18(16)28)21-9-37-10-22(21)36/h4-7,16,18,21-22,36H,2-3,8-13H2,1H3,(H,30,32,33)/t16-,18+,21-,22+,25?,26?/m0/s1. The maximum Gasteiger partial charge on any atom is 0.227 e. The molecule has 37 heavy (non-hydrogen) atoms. The number of likely N-dealkylation sites (tertiary alicyclic amines) is 1. The monoisotopic (exact) mass is 530 g/mol. The van der Waals surface area contributed by atoms with Crippen molar-refractivity contribution in [3.05, 3.63) is 40.8 Å². The van der Waals surface area contributed by atoms with Gasteiger partial charge in [0.15, 0.2) is 5.15 Å². The summed E-state index contributed by atoms with van der Waals surface area (Å²) in [5.74, 6) is 0.121. The highest BCUT2D eigenvalue weighted by molar-refractivity contribution is 6.32. The summed E-state index contributed by atoms with van der Waals surface area (Å²) in [6.45, 7) is 3.73. The minimum atomic E-state index is -1.05. The number of aliphatic hydroxyl groups excluding tert-OH is 1. The Morgan fingerprint density at radius 3 is 2.73 bits per heavy atom. The van der Waals surface area contributed by atoms with E-state index in [4.69, 9.17) is 16.3 Å². The highest BCUT2D eigenvalue weighted by atomic mass is 35.5. The topological polar surface area (TPSA) is 88.3 Å². The number of piperidine rings is 1. The molecular formula is C26H29ClF2N6O2. The number of benzene rings is 1. The van der Waals surface area contributed by atoms with Gasteiger partial charge in [-0.2, -0.15) is 5.10 Å². The van der Waals surface area contributed by atoms with Crippen molar-refractivity contribution in [1.29, 1.82) is 0 Å². The van der Waals surface area contributed by atoms with Gasteiger partial charge >= 0.3 is 0 Å². The molecule has 2 saturated heterocycles. The summed E-state index contributed by atoms with van der Waals surface area (Å²) in [5, 5.41) is 19.0. The molecule has 4 atom stereocenters. The van der Waals surface area contributed by atoms with Crippen LogP contribution in [0.5, 0.6) is 0 Å². The van der Waals surface area contributed by atoms with Crippen LogP contribution in [0.4, 0.5) is 20.4 Å². The number of rotatable bonds is 5. The average Bonchev–Trinajstić information content (AvgIpc) is 3.42. The summed E-state index contributed by atoms with van der Waals surface area (Å²) in [4.78, 5) is 11.1. The zero-order valence-corrected chi connectivity index (χ0v) is 21.3. The number of ether oxygens (including phenoxy) is 1. The van der Waals surface area contributed by atoms with E-state index in [0.717, 1.165) is 22.0 Å². The van der Waals surface area contributed by atoms with Crippen LogP contribution in [0.3, 0.4) is 0 Å². The first-order valence-electron chi connectivity index (χ1n) is 12.8. The summed E-state index contributed by atoms with van der Waals surface area (Å²) >= 11 is 6.58. The van der Waals surface area contributed by atoms with Crippen molar-refractivity contribution in [2.45, 2.75) is 68.1 Å². The molecule has 5 aliphatic rings. The Morgan fingerprint density at radius 2 is 2.03 bits per heavy atom. The Bertz CT molecular complexity index is 1360. The van der Waals surface area contributed by atoms with E-state index in [1.807, 2.05) is 24.0 Å². The minimum absolute atomic E-state index is 0.137. The first-order valence-corrected chi connectivity index (χ1v) is 13.2. The predicted octanol–water partition coefficient (Wildman–Crippen LogP) is 4.02. The second-order valence-corrected chi connectivity index (χ2v) is 11.7. The molecule has 2 bridgehead atoms. The number of aliphatic hydroxyl groups is 1. The Balaban J connectivity index is 1.11. The first-order chi connectivity index (χ1) is 17.7. The van der Waals surface area contributed by atoms with Crippen molar-refractivity contribution in [2.24, 2.45) is 0 Å². The third-order valence-electron chi connectivity index (χ3n) is 8.77. The van der Waals surface area contributed by atoms with E-state index in [1.54, 1.807) is 17.1 Å². The SMILES string of the molecule is Cc1cc2cnc(Nc3cnn(C45CC(F)(C4)C5)c3Cl)nc2cc1[C@@H]1CCN([C@H]2COC[C@H]2O)C[C@H]1F. The quantitative estimate of drug-likeness (QED) is 0.515. The smallest absolute Gasteiger partial charge is 0.227 e. The van der Waals surface area contributed by atoms with Crippen LogP contribution in [0.2, 0.25) is 5.15 Å². The Labute approximate surface area is 218 Å². The molecule has 0 amide bonds. The van der Waals surface area contributed by atoms with Crippen LogP contribution in [0.1, 0.15) is 42.7 Å². The van der Waals surface area contributed by atoms with Crippen molar-refractivity contribution in [3.8, 4) is 0 Å². The van der Waals surface area contributed by atoms with Crippen LogP contribution in [-0.2, 0) is 10.3 Å². The van der Waals surface area contributed by atoms with Gasteiger partial charge in [-0.25, -0.2) is 23.4 Å². The van der Waals surface area contributed by atoms with Crippen molar-refractivity contribution in [1.82, 2.24) is 24.6 Å². The van der Waals surface area contributed by atoms with Crippen LogP contribution in [-0.4, -0.2) is 80.0 Å². The second-order valence-electron chi connectivity index (χ2n) is 11.3. The van der Waals surface area contributed by atoms with Gasteiger partial charge in [0.25, 0.3) is 0 Å². The molecule has 0 unspecified atom stereocenters. The zero-order chi connectivity index (χ0) is 25.5. The second kappa shape index (κ2) is 8.30. The fourth-order valence-corrected chi connectivity index (χ4v) is 7.15. The third-order valence-corrected chi connectivity index (χ3v) is 9.14. The number of alkyl halides is 2. The molecule has 196 valence electrons. The van der Waals surface area contributed by atoms with Crippen LogP contribution >= 0.6 is 11.6 Å². The van der Waals surface area contributed by atoms with Gasteiger partial charge in [-0.1, -0.05) is 11.6 Å². The number of anilines is 2. The summed E-state index contributed by atoms with van der Waals surface area (Å²) in [6, 6.07) is 3.83. The van der Waals surface area contributed by atoms with Gasteiger partial charge in [0.1, 0.15) is 11.8 Å². The van der Waals surface area contributed by atoms with E-state index >= 15 is 4.39 Å². The van der Waals surface area contributed by atoms with Crippen molar-refractivity contribution in [3.63, 3.8) is 0 Å². The molecule has 3 saturated carbocycles. The molecule has 4 heterocycles. The van der Waals surface area contributed by atoms with E-state index < -0.39 is 17.9 Å². The van der Waals surface area contributed by atoms with E-state index in [9.17, 15) is 9.50 Å². The summed E-state index contributed by atoms with van der Waals surface area (Å²) in [6.07, 6.45) is 3.77. The molecule has 8 rings (SSSR count). The zero-order valence-electron chi connectivity index (χ0n) is 20.5. The van der Waals surface area contributed by atoms with Crippen molar-refractivity contribution in [2.75, 3.05) is 31.6 Å². The molecular weight excluding hydrogens is 502 g/mol. The molecule has 0 spiro atoms. The van der Waals surface area contributed by atoms with Crippen LogP contribution < -0.4 is 5.32 Å². The molecule has 2 N–H and O–H groups in total. The normalized spacial score (nSPS) is 35.4. The molecule has 1 aromatic carbocycles. The first kappa shape index (κ1) is 23.7. The molecule has 2 aliphatic heterocycles. The average molecular weight is 531 g/mol. The molecule has 11 heteroatoms. The maximum absolute atomic E-state index is 15.5. The predicted molar refractivity (Wildman–Crippen MR) is 135 cm³/mol. The van der Waals surface area contributed by atoms with Gasteiger partial charge in [0, 0.05) is 43.3 Å². The summed E-state index contributed by atoms with van der Waals surface area (Å²) in [5.41, 5.74) is 1.90. The van der Waals surface area contributed by atoms with E-state index in [1.165, 1.54) is 0 Å². The minimum Gasteiger partial charge on any atom is -0.389 e. The highest BCUT2D eigenvalue weighted by Gasteiger charge is 2.71. The largest absolute Gasteiger partial charge is 0.389 e. The van der Waals surface area contributed by atoms with Gasteiger partial charge < -0.3 is 15.2 Å². The Morgan fingerprint density at radius 1 is 1.22 bits per heavy atom. The lowest BCUT2D eigenvalue weighted by molar-refractivity contribution is -0.203. The number of hydrogen-bond acceptors (Lipinski definition) is 7.